The van der Waals surface area contributed by atoms with E-state index in [0.717, 1.165) is 43.4 Å². The Kier molecular flexibility index (Phi) is 4.78. The summed E-state index contributed by atoms with van der Waals surface area (Å²) >= 11 is 3.47. The van der Waals surface area contributed by atoms with Crippen molar-refractivity contribution < 1.29 is 9.90 Å². The van der Waals surface area contributed by atoms with Gasteiger partial charge in [0.1, 0.15) is 0 Å². The standard InChI is InChI=1S/C14H18BrNO2/c15-13-3-1-2-11(10-13)4-7-16-8-5-12(6-9-16)14(17)18/h1-3,10,12H,4-9H2,(H,17,18)/p-1. The minimum atomic E-state index is -0.887. The number of hydrogen-bond donors (Lipinski definition) is 0. The molecular formula is C14H17BrNO2-. The Morgan fingerprint density at radius 3 is 2.72 bits per heavy atom. The SMILES string of the molecule is O=C([O-])C1CCN(CCc2cccc(Br)c2)CC1. The molecule has 0 radical (unpaired) electrons. The average Bonchev–Trinajstić information content (AvgIpc) is 2.37. The summed E-state index contributed by atoms with van der Waals surface area (Å²) in [5.41, 5.74) is 1.31. The van der Waals surface area contributed by atoms with Gasteiger partial charge in [-0.05, 0) is 50.0 Å². The number of carboxylic acid groups (broad SMARTS) is 1. The van der Waals surface area contributed by atoms with Crippen molar-refractivity contribution in [2.45, 2.75) is 19.3 Å². The van der Waals surface area contributed by atoms with E-state index in [4.69, 9.17) is 0 Å². The molecule has 1 aliphatic rings. The highest BCUT2D eigenvalue weighted by molar-refractivity contribution is 9.10. The molecule has 0 saturated carbocycles. The summed E-state index contributed by atoms with van der Waals surface area (Å²) < 4.78 is 1.11. The van der Waals surface area contributed by atoms with Gasteiger partial charge in [0.25, 0.3) is 0 Å². The van der Waals surface area contributed by atoms with Crippen LogP contribution in [0.15, 0.2) is 28.7 Å². The van der Waals surface area contributed by atoms with E-state index in [-0.39, 0.29) is 5.92 Å². The topological polar surface area (TPSA) is 43.4 Å². The summed E-state index contributed by atoms with van der Waals surface area (Å²) in [4.78, 5) is 13.1. The van der Waals surface area contributed by atoms with E-state index in [1.807, 2.05) is 12.1 Å². The number of likely N-dealkylation sites (tertiary alicyclic amines) is 1. The first kappa shape index (κ1) is 13.6. The molecule has 1 heterocycles. The maximum absolute atomic E-state index is 10.7. The number of aliphatic carboxylic acids is 1. The van der Waals surface area contributed by atoms with Crippen molar-refractivity contribution in [1.82, 2.24) is 4.90 Å². The lowest BCUT2D eigenvalue weighted by Gasteiger charge is -2.32. The van der Waals surface area contributed by atoms with Gasteiger partial charge >= 0.3 is 0 Å². The van der Waals surface area contributed by atoms with E-state index in [1.54, 1.807) is 0 Å². The quantitative estimate of drug-likeness (QED) is 0.845. The molecule has 4 heteroatoms. The zero-order chi connectivity index (χ0) is 13.0. The molecule has 1 saturated heterocycles. The van der Waals surface area contributed by atoms with Gasteiger partial charge in [0, 0.05) is 22.9 Å². The first-order valence-corrected chi connectivity index (χ1v) is 7.12. The largest absolute Gasteiger partial charge is 0.550 e. The maximum atomic E-state index is 10.7. The number of hydrogen-bond acceptors (Lipinski definition) is 3. The van der Waals surface area contributed by atoms with Gasteiger partial charge < -0.3 is 14.8 Å². The Labute approximate surface area is 116 Å². The molecule has 0 aliphatic carbocycles. The smallest absolute Gasteiger partial charge is 0.0446 e. The summed E-state index contributed by atoms with van der Waals surface area (Å²) in [6.45, 7) is 2.73. The molecule has 1 aliphatic heterocycles. The fourth-order valence-electron chi connectivity index (χ4n) is 2.37. The molecule has 0 unspecified atom stereocenters. The summed E-state index contributed by atoms with van der Waals surface area (Å²) in [7, 11) is 0. The van der Waals surface area contributed by atoms with E-state index in [1.165, 1.54) is 5.56 Å². The third-order valence-corrected chi connectivity index (χ3v) is 4.02. The molecule has 0 spiro atoms. The Morgan fingerprint density at radius 1 is 1.39 bits per heavy atom. The van der Waals surface area contributed by atoms with Gasteiger partial charge in [0.15, 0.2) is 0 Å². The van der Waals surface area contributed by atoms with Crippen LogP contribution in [0, 0.1) is 5.92 Å². The van der Waals surface area contributed by atoms with Crippen molar-refractivity contribution >= 4 is 21.9 Å². The molecule has 1 fully saturated rings. The van der Waals surface area contributed by atoms with Crippen LogP contribution in [0.4, 0.5) is 0 Å². The third kappa shape index (κ3) is 3.82. The van der Waals surface area contributed by atoms with Gasteiger partial charge in [-0.1, -0.05) is 28.1 Å². The number of halogens is 1. The summed E-state index contributed by atoms with van der Waals surface area (Å²) in [6, 6.07) is 8.32. The maximum Gasteiger partial charge on any atom is 0.0446 e. The van der Waals surface area contributed by atoms with E-state index >= 15 is 0 Å². The van der Waals surface area contributed by atoms with E-state index in [9.17, 15) is 9.90 Å². The molecule has 3 nitrogen and oxygen atoms in total. The number of carbonyl (C=O) groups excluding carboxylic acids is 1. The van der Waals surface area contributed by atoms with E-state index in [2.05, 4.69) is 33.0 Å². The van der Waals surface area contributed by atoms with Crippen LogP contribution < -0.4 is 5.11 Å². The van der Waals surface area contributed by atoms with Gasteiger partial charge in [-0.3, -0.25) is 0 Å². The number of nitrogens with zero attached hydrogens (tertiary/aromatic N) is 1. The van der Waals surface area contributed by atoms with Crippen molar-refractivity contribution in [1.29, 1.82) is 0 Å². The fourth-order valence-corrected chi connectivity index (χ4v) is 2.82. The van der Waals surface area contributed by atoms with Crippen LogP contribution in [0.25, 0.3) is 0 Å². The zero-order valence-electron chi connectivity index (χ0n) is 10.3. The predicted octanol–water partition coefficient (Wildman–Crippen LogP) is 1.45. The lowest BCUT2D eigenvalue weighted by Crippen LogP contribution is -2.41. The second-order valence-corrected chi connectivity index (χ2v) is 5.73. The molecule has 0 amide bonds. The second-order valence-electron chi connectivity index (χ2n) is 4.81. The lowest BCUT2D eigenvalue weighted by molar-refractivity contribution is -0.312. The predicted molar refractivity (Wildman–Crippen MR) is 72.0 cm³/mol. The highest BCUT2D eigenvalue weighted by atomic mass is 79.9. The van der Waals surface area contributed by atoms with Gasteiger partial charge in [-0.15, -0.1) is 0 Å². The van der Waals surface area contributed by atoms with E-state index in [0.29, 0.717) is 0 Å². The summed E-state index contributed by atoms with van der Waals surface area (Å²) in [5, 5.41) is 10.7. The van der Waals surface area contributed by atoms with Gasteiger partial charge in [0.05, 0.1) is 0 Å². The highest BCUT2D eigenvalue weighted by Crippen LogP contribution is 2.17. The van der Waals surface area contributed by atoms with Crippen LogP contribution >= 0.6 is 15.9 Å². The monoisotopic (exact) mass is 310 g/mol. The number of rotatable bonds is 4. The first-order valence-electron chi connectivity index (χ1n) is 6.33. The van der Waals surface area contributed by atoms with E-state index < -0.39 is 5.97 Å². The molecule has 1 aromatic rings. The van der Waals surface area contributed by atoms with Crippen LogP contribution in [0.3, 0.4) is 0 Å². The molecule has 0 bridgehead atoms. The first-order chi connectivity index (χ1) is 8.65. The van der Waals surface area contributed by atoms with Crippen molar-refractivity contribution in [3.05, 3.63) is 34.3 Å². The minimum Gasteiger partial charge on any atom is -0.550 e. The number of carbonyl (C=O) groups is 1. The fraction of sp³-hybridized carbons (Fsp3) is 0.500. The van der Waals surface area contributed by atoms with Crippen LogP contribution in [0.2, 0.25) is 0 Å². The second kappa shape index (κ2) is 6.34. The molecular weight excluding hydrogens is 294 g/mol. The Bertz CT molecular complexity index is 414. The van der Waals surface area contributed by atoms with Crippen molar-refractivity contribution in [2.75, 3.05) is 19.6 Å². The highest BCUT2D eigenvalue weighted by Gasteiger charge is 2.19. The Balaban J connectivity index is 1.77. The summed E-state index contributed by atoms with van der Waals surface area (Å²) in [5.74, 6) is -1.13. The Hall–Kier alpha value is -0.870. The minimum absolute atomic E-state index is 0.243. The van der Waals surface area contributed by atoms with Crippen LogP contribution in [0.5, 0.6) is 0 Å². The van der Waals surface area contributed by atoms with Gasteiger partial charge in [-0.2, -0.15) is 0 Å². The number of piperidine rings is 1. The molecule has 1 aromatic carbocycles. The molecule has 2 rings (SSSR count). The Morgan fingerprint density at radius 2 is 2.11 bits per heavy atom. The molecule has 0 aromatic heterocycles. The molecule has 0 N–H and O–H groups in total. The molecule has 0 atom stereocenters. The number of benzene rings is 1. The normalized spacial score (nSPS) is 17.8. The van der Waals surface area contributed by atoms with Crippen LogP contribution in [-0.4, -0.2) is 30.5 Å². The van der Waals surface area contributed by atoms with Crippen molar-refractivity contribution in [2.24, 2.45) is 5.92 Å². The summed E-state index contributed by atoms with van der Waals surface area (Å²) in [6.07, 6.45) is 2.46. The van der Waals surface area contributed by atoms with Gasteiger partial charge in [0.2, 0.25) is 0 Å². The molecule has 98 valence electrons. The molecule has 18 heavy (non-hydrogen) atoms. The van der Waals surface area contributed by atoms with Crippen LogP contribution in [0.1, 0.15) is 18.4 Å². The van der Waals surface area contributed by atoms with Crippen molar-refractivity contribution in [3.8, 4) is 0 Å². The lowest BCUT2D eigenvalue weighted by atomic mass is 9.97. The number of carboxylic acids is 1. The van der Waals surface area contributed by atoms with Crippen molar-refractivity contribution in [3.63, 3.8) is 0 Å². The third-order valence-electron chi connectivity index (χ3n) is 3.53. The van der Waals surface area contributed by atoms with Gasteiger partial charge in [-0.25, -0.2) is 0 Å². The zero-order valence-corrected chi connectivity index (χ0v) is 11.9. The van der Waals surface area contributed by atoms with Crippen LogP contribution in [-0.2, 0) is 11.2 Å². The average molecular weight is 311 g/mol.